The summed E-state index contributed by atoms with van der Waals surface area (Å²) in [6.45, 7) is 0.543. The summed E-state index contributed by atoms with van der Waals surface area (Å²) in [6.07, 6.45) is 5.69. The van der Waals surface area contributed by atoms with E-state index in [0.717, 1.165) is 11.3 Å². The maximum atomic E-state index is 12.8. The SMILES string of the molecule is C#CC(=O)N1CCc2cc(F)ccc21. The summed E-state index contributed by atoms with van der Waals surface area (Å²) in [5.41, 5.74) is 1.57. The number of anilines is 1. The second-order valence-corrected chi connectivity index (χ2v) is 3.12. The molecule has 0 unspecified atom stereocenters. The molecule has 0 aliphatic carbocycles. The van der Waals surface area contributed by atoms with E-state index < -0.39 is 0 Å². The van der Waals surface area contributed by atoms with Crippen LogP contribution in [0.25, 0.3) is 0 Å². The number of rotatable bonds is 0. The molecule has 1 aliphatic heterocycles. The van der Waals surface area contributed by atoms with Crippen molar-refractivity contribution in [1.29, 1.82) is 0 Å². The molecule has 0 atom stereocenters. The zero-order valence-electron chi connectivity index (χ0n) is 7.46. The summed E-state index contributed by atoms with van der Waals surface area (Å²) in [5, 5.41) is 0. The molecular formula is C11H8FNO. The van der Waals surface area contributed by atoms with Crippen molar-refractivity contribution in [3.05, 3.63) is 29.6 Å². The third-order valence-corrected chi connectivity index (χ3v) is 2.31. The molecule has 0 saturated heterocycles. The van der Waals surface area contributed by atoms with Gasteiger partial charge in [-0.2, -0.15) is 0 Å². The molecule has 0 spiro atoms. The lowest BCUT2D eigenvalue weighted by Gasteiger charge is -2.12. The number of benzene rings is 1. The fraction of sp³-hybridized carbons (Fsp3) is 0.182. The Labute approximate surface area is 81.3 Å². The van der Waals surface area contributed by atoms with Gasteiger partial charge in [0.15, 0.2) is 0 Å². The topological polar surface area (TPSA) is 20.3 Å². The van der Waals surface area contributed by atoms with Crippen molar-refractivity contribution in [1.82, 2.24) is 0 Å². The van der Waals surface area contributed by atoms with Crippen LogP contribution in [0, 0.1) is 18.2 Å². The van der Waals surface area contributed by atoms with E-state index >= 15 is 0 Å². The number of halogens is 1. The standard InChI is InChI=1S/C11H8FNO/c1-2-11(14)13-6-5-8-7-9(12)3-4-10(8)13/h1,3-4,7H,5-6H2. The molecule has 2 nitrogen and oxygen atoms in total. The van der Waals surface area contributed by atoms with Gasteiger partial charge >= 0.3 is 5.91 Å². The zero-order chi connectivity index (χ0) is 10.1. The number of amides is 1. The molecule has 14 heavy (non-hydrogen) atoms. The van der Waals surface area contributed by atoms with Crippen LogP contribution in [0.2, 0.25) is 0 Å². The quantitative estimate of drug-likeness (QED) is 0.564. The highest BCUT2D eigenvalue weighted by Gasteiger charge is 2.23. The minimum absolute atomic E-state index is 0.279. The molecule has 0 saturated carbocycles. The van der Waals surface area contributed by atoms with Crippen LogP contribution >= 0.6 is 0 Å². The van der Waals surface area contributed by atoms with Crippen LogP contribution in [0.15, 0.2) is 18.2 Å². The molecule has 0 aromatic heterocycles. The molecule has 1 heterocycles. The van der Waals surface area contributed by atoms with E-state index in [2.05, 4.69) is 5.92 Å². The van der Waals surface area contributed by atoms with Crippen molar-refractivity contribution in [2.75, 3.05) is 11.4 Å². The normalized spacial score (nSPS) is 13.6. The fourth-order valence-corrected chi connectivity index (χ4v) is 1.66. The highest BCUT2D eigenvalue weighted by molar-refractivity contribution is 6.06. The first kappa shape index (κ1) is 8.76. The summed E-state index contributed by atoms with van der Waals surface area (Å²) in [6, 6.07) is 4.37. The van der Waals surface area contributed by atoms with Gasteiger partial charge in [-0.05, 0) is 36.1 Å². The van der Waals surface area contributed by atoms with E-state index in [1.807, 2.05) is 0 Å². The summed E-state index contributed by atoms with van der Waals surface area (Å²) in [4.78, 5) is 12.8. The molecule has 0 N–H and O–H groups in total. The van der Waals surface area contributed by atoms with Gasteiger partial charge in [0.05, 0.1) is 0 Å². The van der Waals surface area contributed by atoms with Gasteiger partial charge in [-0.15, -0.1) is 6.42 Å². The Bertz CT molecular complexity index is 433. The van der Waals surface area contributed by atoms with Gasteiger partial charge in [-0.25, -0.2) is 4.39 Å². The molecular weight excluding hydrogens is 181 g/mol. The van der Waals surface area contributed by atoms with Crippen molar-refractivity contribution in [2.45, 2.75) is 6.42 Å². The Balaban J connectivity index is 2.41. The van der Waals surface area contributed by atoms with Gasteiger partial charge in [0.25, 0.3) is 0 Å². The van der Waals surface area contributed by atoms with Crippen molar-refractivity contribution < 1.29 is 9.18 Å². The summed E-state index contributed by atoms with van der Waals surface area (Å²) >= 11 is 0. The van der Waals surface area contributed by atoms with Crippen LogP contribution < -0.4 is 4.90 Å². The molecule has 1 aliphatic rings. The first-order valence-corrected chi connectivity index (χ1v) is 4.29. The first-order valence-electron chi connectivity index (χ1n) is 4.29. The largest absolute Gasteiger partial charge is 0.302 e. The Morgan fingerprint density at radius 3 is 3.07 bits per heavy atom. The van der Waals surface area contributed by atoms with Gasteiger partial charge in [0, 0.05) is 12.2 Å². The Morgan fingerprint density at radius 2 is 2.36 bits per heavy atom. The lowest BCUT2D eigenvalue weighted by molar-refractivity contribution is -0.113. The molecule has 0 radical (unpaired) electrons. The average Bonchev–Trinajstić information content (AvgIpc) is 2.59. The number of carbonyl (C=O) groups is 1. The van der Waals surface area contributed by atoms with E-state index in [1.54, 1.807) is 6.07 Å². The fourth-order valence-electron chi connectivity index (χ4n) is 1.66. The summed E-state index contributed by atoms with van der Waals surface area (Å²) < 4.78 is 12.8. The number of carbonyl (C=O) groups excluding carboxylic acids is 1. The maximum Gasteiger partial charge on any atom is 0.302 e. The smallest absolute Gasteiger partial charge is 0.301 e. The maximum absolute atomic E-state index is 12.8. The predicted molar refractivity (Wildman–Crippen MR) is 51.3 cm³/mol. The molecule has 2 rings (SSSR count). The third-order valence-electron chi connectivity index (χ3n) is 2.31. The van der Waals surface area contributed by atoms with E-state index in [0.29, 0.717) is 13.0 Å². The van der Waals surface area contributed by atoms with Crippen LogP contribution in [0.3, 0.4) is 0 Å². The van der Waals surface area contributed by atoms with E-state index in [9.17, 15) is 9.18 Å². The predicted octanol–water partition coefficient (Wildman–Crippen LogP) is 1.35. The molecule has 70 valence electrons. The Hall–Kier alpha value is -1.82. The average molecular weight is 189 g/mol. The second-order valence-electron chi connectivity index (χ2n) is 3.12. The van der Waals surface area contributed by atoms with E-state index in [4.69, 9.17) is 6.42 Å². The molecule has 0 fully saturated rings. The highest BCUT2D eigenvalue weighted by atomic mass is 19.1. The molecule has 3 heteroatoms. The first-order chi connectivity index (χ1) is 6.72. The van der Waals surface area contributed by atoms with Crippen LogP contribution in [0.4, 0.5) is 10.1 Å². The van der Waals surface area contributed by atoms with Crippen LogP contribution in [-0.4, -0.2) is 12.5 Å². The zero-order valence-corrected chi connectivity index (χ0v) is 7.46. The van der Waals surface area contributed by atoms with Crippen LogP contribution in [0.1, 0.15) is 5.56 Å². The number of nitrogens with zero attached hydrogens (tertiary/aromatic N) is 1. The van der Waals surface area contributed by atoms with Gasteiger partial charge in [0.1, 0.15) is 5.82 Å². The Kier molecular flexibility index (Phi) is 1.97. The van der Waals surface area contributed by atoms with Crippen LogP contribution in [-0.2, 0) is 11.2 Å². The molecule has 0 bridgehead atoms. The molecule has 1 aromatic rings. The minimum atomic E-state index is -0.365. The van der Waals surface area contributed by atoms with Gasteiger partial charge in [-0.1, -0.05) is 0 Å². The van der Waals surface area contributed by atoms with Crippen molar-refractivity contribution in [3.8, 4) is 12.3 Å². The highest BCUT2D eigenvalue weighted by Crippen LogP contribution is 2.28. The molecule has 1 amide bonds. The van der Waals surface area contributed by atoms with Crippen molar-refractivity contribution in [2.24, 2.45) is 0 Å². The van der Waals surface area contributed by atoms with Gasteiger partial charge in [0.2, 0.25) is 0 Å². The van der Waals surface area contributed by atoms with Gasteiger partial charge < -0.3 is 4.90 Å². The van der Waals surface area contributed by atoms with Gasteiger partial charge in [-0.3, -0.25) is 4.79 Å². The van der Waals surface area contributed by atoms with Crippen LogP contribution in [0.5, 0.6) is 0 Å². The van der Waals surface area contributed by atoms with Crippen molar-refractivity contribution in [3.63, 3.8) is 0 Å². The van der Waals surface area contributed by atoms with E-state index in [-0.39, 0.29) is 11.7 Å². The number of hydrogen-bond acceptors (Lipinski definition) is 1. The monoisotopic (exact) mass is 189 g/mol. The minimum Gasteiger partial charge on any atom is -0.301 e. The molecule has 1 aromatic carbocycles. The Morgan fingerprint density at radius 1 is 1.57 bits per heavy atom. The van der Waals surface area contributed by atoms with Crippen molar-refractivity contribution >= 4 is 11.6 Å². The number of terminal acetylenes is 1. The van der Waals surface area contributed by atoms with E-state index in [1.165, 1.54) is 17.0 Å². The summed E-state index contributed by atoms with van der Waals surface area (Å²) in [7, 11) is 0. The lowest BCUT2D eigenvalue weighted by atomic mass is 10.2. The number of hydrogen-bond donors (Lipinski definition) is 0. The summed E-state index contributed by atoms with van der Waals surface area (Å²) in [5.74, 6) is 1.41. The second kappa shape index (κ2) is 3.15. The lowest BCUT2D eigenvalue weighted by Crippen LogP contribution is -2.27. The third kappa shape index (κ3) is 1.25. The number of fused-ring (bicyclic) bond motifs is 1.